The molecule has 1 fully saturated rings. The van der Waals surface area contributed by atoms with Crippen LogP contribution in [0.3, 0.4) is 0 Å². The second-order valence-corrected chi connectivity index (χ2v) is 4.68. The summed E-state index contributed by atoms with van der Waals surface area (Å²) in [6.07, 6.45) is 0.506. The second-order valence-electron chi connectivity index (χ2n) is 4.68. The van der Waals surface area contributed by atoms with Gasteiger partial charge in [-0.05, 0) is 39.8 Å². The average molecular weight is 227 g/mol. The Labute approximate surface area is 96.4 Å². The van der Waals surface area contributed by atoms with Gasteiger partial charge >= 0.3 is 0 Å². The number of rotatable bonds is 5. The third kappa shape index (κ3) is 4.18. The molecule has 0 aromatic rings. The predicted molar refractivity (Wildman–Crippen MR) is 61.9 cm³/mol. The molecular weight excluding hydrogens is 206 g/mol. The highest BCUT2D eigenvalue weighted by molar-refractivity contribution is 5.87. The van der Waals surface area contributed by atoms with E-state index in [1.165, 1.54) is 0 Å². The first kappa shape index (κ1) is 13.0. The van der Waals surface area contributed by atoms with Gasteiger partial charge in [-0.25, -0.2) is 0 Å². The quantitative estimate of drug-likeness (QED) is 0.600. The second kappa shape index (κ2) is 5.84. The predicted octanol–water partition coefficient (Wildman–Crippen LogP) is -0.375. The van der Waals surface area contributed by atoms with Crippen LogP contribution in [0.1, 0.15) is 27.2 Å². The fourth-order valence-electron chi connectivity index (χ4n) is 1.53. The lowest BCUT2D eigenvalue weighted by atomic mass is 9.99. The number of hydrogen-bond acceptors (Lipinski definition) is 3. The van der Waals surface area contributed by atoms with Crippen molar-refractivity contribution in [1.29, 1.82) is 0 Å². The third-order valence-corrected chi connectivity index (χ3v) is 2.54. The average Bonchev–Trinajstić information content (AvgIpc) is 2.10. The van der Waals surface area contributed by atoms with Crippen molar-refractivity contribution >= 4 is 11.8 Å². The van der Waals surface area contributed by atoms with Crippen molar-refractivity contribution in [3.05, 3.63) is 0 Å². The summed E-state index contributed by atoms with van der Waals surface area (Å²) in [4.78, 5) is 23.0. The van der Waals surface area contributed by atoms with E-state index in [1.54, 1.807) is 6.92 Å². The van der Waals surface area contributed by atoms with Crippen LogP contribution < -0.4 is 16.0 Å². The fourth-order valence-corrected chi connectivity index (χ4v) is 1.53. The fraction of sp³-hybridized carbons (Fsp3) is 0.818. The van der Waals surface area contributed by atoms with Crippen LogP contribution in [0.25, 0.3) is 0 Å². The van der Waals surface area contributed by atoms with Crippen molar-refractivity contribution in [3.8, 4) is 0 Å². The van der Waals surface area contributed by atoms with Gasteiger partial charge in [-0.3, -0.25) is 9.59 Å². The third-order valence-electron chi connectivity index (χ3n) is 2.54. The smallest absolute Gasteiger partial charge is 0.242 e. The van der Waals surface area contributed by atoms with Crippen LogP contribution >= 0.6 is 0 Å². The highest BCUT2D eigenvalue weighted by atomic mass is 16.2. The number of nitrogens with one attached hydrogen (secondary N) is 3. The standard InChI is InChI=1S/C11H21N3O2/c1-7(2)13-11(16)8(3)14-10(15)4-9-5-12-6-9/h7-9,12H,4-6H2,1-3H3,(H,13,16)(H,14,15). The molecule has 92 valence electrons. The van der Waals surface area contributed by atoms with E-state index >= 15 is 0 Å². The highest BCUT2D eigenvalue weighted by Gasteiger charge is 2.22. The minimum Gasteiger partial charge on any atom is -0.352 e. The largest absolute Gasteiger partial charge is 0.352 e. The number of carbonyl (C=O) groups excluding carboxylic acids is 2. The maximum absolute atomic E-state index is 11.5. The lowest BCUT2D eigenvalue weighted by molar-refractivity contribution is -0.129. The monoisotopic (exact) mass is 227 g/mol. The summed E-state index contributed by atoms with van der Waals surface area (Å²) in [7, 11) is 0. The van der Waals surface area contributed by atoms with Crippen molar-refractivity contribution in [1.82, 2.24) is 16.0 Å². The Morgan fingerprint density at radius 1 is 1.25 bits per heavy atom. The molecule has 3 N–H and O–H groups in total. The molecule has 1 unspecified atom stereocenters. The topological polar surface area (TPSA) is 70.2 Å². The van der Waals surface area contributed by atoms with Gasteiger partial charge in [0.1, 0.15) is 6.04 Å². The van der Waals surface area contributed by atoms with Crippen molar-refractivity contribution in [2.75, 3.05) is 13.1 Å². The van der Waals surface area contributed by atoms with Gasteiger partial charge in [-0.15, -0.1) is 0 Å². The van der Waals surface area contributed by atoms with Gasteiger partial charge < -0.3 is 16.0 Å². The zero-order chi connectivity index (χ0) is 12.1. The number of amides is 2. The van der Waals surface area contributed by atoms with Crippen molar-refractivity contribution in [2.45, 2.75) is 39.3 Å². The molecule has 16 heavy (non-hydrogen) atoms. The Bertz CT molecular complexity index is 262. The van der Waals surface area contributed by atoms with Crippen LogP contribution in [-0.4, -0.2) is 37.0 Å². The molecule has 0 bridgehead atoms. The Balaban J connectivity index is 2.23. The molecule has 1 heterocycles. The Hall–Kier alpha value is -1.10. The van der Waals surface area contributed by atoms with E-state index in [1.807, 2.05) is 13.8 Å². The molecule has 1 rings (SSSR count). The van der Waals surface area contributed by atoms with E-state index in [-0.39, 0.29) is 17.9 Å². The van der Waals surface area contributed by atoms with Crippen molar-refractivity contribution in [2.24, 2.45) is 5.92 Å². The van der Waals surface area contributed by atoms with Gasteiger partial charge in [0.05, 0.1) is 0 Å². The minimum atomic E-state index is -0.456. The highest BCUT2D eigenvalue weighted by Crippen LogP contribution is 2.07. The lowest BCUT2D eigenvalue weighted by Crippen LogP contribution is -2.49. The van der Waals surface area contributed by atoms with Gasteiger partial charge in [-0.2, -0.15) is 0 Å². The molecule has 0 aromatic heterocycles. The summed E-state index contributed by atoms with van der Waals surface area (Å²) >= 11 is 0. The van der Waals surface area contributed by atoms with Gasteiger partial charge in [0.2, 0.25) is 11.8 Å². The summed E-state index contributed by atoms with van der Waals surface area (Å²) < 4.78 is 0. The molecule has 1 saturated heterocycles. The zero-order valence-electron chi connectivity index (χ0n) is 10.2. The maximum Gasteiger partial charge on any atom is 0.242 e. The van der Waals surface area contributed by atoms with E-state index in [0.717, 1.165) is 13.1 Å². The first-order valence-electron chi connectivity index (χ1n) is 5.79. The lowest BCUT2D eigenvalue weighted by Gasteiger charge is -2.27. The van der Waals surface area contributed by atoms with Gasteiger partial charge in [-0.1, -0.05) is 0 Å². The molecule has 0 spiro atoms. The van der Waals surface area contributed by atoms with Crippen LogP contribution in [0.2, 0.25) is 0 Å². The number of carbonyl (C=O) groups is 2. The molecule has 5 heteroatoms. The normalized spacial score (nSPS) is 17.8. The first-order valence-corrected chi connectivity index (χ1v) is 5.79. The molecular formula is C11H21N3O2. The summed E-state index contributed by atoms with van der Waals surface area (Å²) in [5.41, 5.74) is 0. The molecule has 2 amide bonds. The molecule has 0 radical (unpaired) electrons. The Kier molecular flexibility index (Phi) is 4.73. The minimum absolute atomic E-state index is 0.0436. The summed E-state index contributed by atoms with van der Waals surface area (Å²) in [5.74, 6) is 0.258. The molecule has 1 atom stereocenters. The van der Waals surface area contributed by atoms with Crippen LogP contribution in [-0.2, 0) is 9.59 Å². The molecule has 1 aliphatic heterocycles. The van der Waals surface area contributed by atoms with Crippen LogP contribution in [0.15, 0.2) is 0 Å². The first-order chi connectivity index (χ1) is 7.49. The van der Waals surface area contributed by atoms with Gasteiger partial charge in [0, 0.05) is 12.5 Å². The summed E-state index contributed by atoms with van der Waals surface area (Å²) in [6.45, 7) is 7.30. The van der Waals surface area contributed by atoms with Crippen LogP contribution in [0, 0.1) is 5.92 Å². The van der Waals surface area contributed by atoms with E-state index in [4.69, 9.17) is 0 Å². The summed E-state index contributed by atoms with van der Waals surface area (Å²) in [6, 6.07) is -0.356. The van der Waals surface area contributed by atoms with Crippen LogP contribution in [0.5, 0.6) is 0 Å². The van der Waals surface area contributed by atoms with Crippen LogP contribution in [0.4, 0.5) is 0 Å². The molecule has 0 aliphatic carbocycles. The van der Waals surface area contributed by atoms with Gasteiger partial charge in [0.15, 0.2) is 0 Å². The maximum atomic E-state index is 11.5. The van der Waals surface area contributed by atoms with Crippen molar-refractivity contribution < 1.29 is 9.59 Å². The van der Waals surface area contributed by atoms with Gasteiger partial charge in [0.25, 0.3) is 0 Å². The Morgan fingerprint density at radius 2 is 1.88 bits per heavy atom. The van der Waals surface area contributed by atoms with Crippen molar-refractivity contribution in [3.63, 3.8) is 0 Å². The summed E-state index contributed by atoms with van der Waals surface area (Å²) in [5, 5.41) is 8.58. The van der Waals surface area contributed by atoms with E-state index in [9.17, 15) is 9.59 Å². The SMILES string of the molecule is CC(C)NC(=O)C(C)NC(=O)CC1CNC1. The van der Waals surface area contributed by atoms with E-state index in [0.29, 0.717) is 12.3 Å². The molecule has 1 aliphatic rings. The Morgan fingerprint density at radius 3 is 2.31 bits per heavy atom. The molecule has 0 aromatic carbocycles. The molecule has 5 nitrogen and oxygen atoms in total. The van der Waals surface area contributed by atoms with E-state index in [2.05, 4.69) is 16.0 Å². The zero-order valence-corrected chi connectivity index (χ0v) is 10.2. The molecule has 0 saturated carbocycles. The number of hydrogen-bond donors (Lipinski definition) is 3. The van der Waals surface area contributed by atoms with E-state index < -0.39 is 6.04 Å².